The van der Waals surface area contributed by atoms with Crippen LogP contribution in [0.2, 0.25) is 0 Å². The molecule has 0 aliphatic heterocycles. The first-order valence-corrected chi connectivity index (χ1v) is 4.64. The highest BCUT2D eigenvalue weighted by Gasteiger charge is 2.24. The van der Waals surface area contributed by atoms with Crippen LogP contribution in [-0.4, -0.2) is 46.1 Å². The Hall–Kier alpha value is -0.650. The van der Waals surface area contributed by atoms with E-state index in [0.717, 1.165) is 0 Å². The Labute approximate surface area is 83.8 Å². The third kappa shape index (κ3) is 5.16. The van der Waals surface area contributed by atoms with E-state index in [2.05, 4.69) is 5.32 Å². The zero-order valence-electron chi connectivity index (χ0n) is 8.66. The van der Waals surface area contributed by atoms with Gasteiger partial charge in [-0.05, 0) is 20.3 Å². The Bertz CT molecular complexity index is 178. The highest BCUT2D eigenvalue weighted by Crippen LogP contribution is 2.03. The van der Waals surface area contributed by atoms with Crippen molar-refractivity contribution in [3.8, 4) is 0 Å². The van der Waals surface area contributed by atoms with Crippen LogP contribution in [0.5, 0.6) is 0 Å². The van der Waals surface area contributed by atoms with Crippen LogP contribution >= 0.6 is 0 Å². The molecule has 0 fully saturated rings. The molecule has 0 saturated heterocycles. The van der Waals surface area contributed by atoms with Gasteiger partial charge in [0.05, 0.1) is 24.9 Å². The summed E-state index contributed by atoms with van der Waals surface area (Å²) in [6, 6.07) is 0. The van der Waals surface area contributed by atoms with Crippen molar-refractivity contribution in [1.29, 1.82) is 0 Å². The van der Waals surface area contributed by atoms with E-state index in [4.69, 9.17) is 15.3 Å². The van der Waals surface area contributed by atoms with E-state index >= 15 is 0 Å². The SMILES string of the molecule is CC(O)CCC(=O)NC(C)(CO)CO. The minimum Gasteiger partial charge on any atom is -0.394 e. The molecule has 0 aliphatic carbocycles. The smallest absolute Gasteiger partial charge is 0.220 e. The fraction of sp³-hybridized carbons (Fsp3) is 0.889. The summed E-state index contributed by atoms with van der Waals surface area (Å²) in [5.41, 5.74) is -0.976. The molecule has 0 aromatic heterocycles. The summed E-state index contributed by atoms with van der Waals surface area (Å²) in [6.07, 6.45) is 0.0433. The Morgan fingerprint density at radius 2 is 1.93 bits per heavy atom. The summed E-state index contributed by atoms with van der Waals surface area (Å²) in [6.45, 7) is 2.52. The van der Waals surface area contributed by atoms with E-state index < -0.39 is 11.6 Å². The van der Waals surface area contributed by atoms with E-state index in [1.54, 1.807) is 13.8 Å². The van der Waals surface area contributed by atoms with Gasteiger partial charge in [-0.2, -0.15) is 0 Å². The fourth-order valence-electron chi connectivity index (χ4n) is 0.868. The van der Waals surface area contributed by atoms with Crippen LogP contribution < -0.4 is 5.32 Å². The van der Waals surface area contributed by atoms with E-state index in [1.807, 2.05) is 0 Å². The number of amides is 1. The second kappa shape index (κ2) is 5.95. The van der Waals surface area contributed by atoms with Crippen molar-refractivity contribution in [2.45, 2.75) is 38.3 Å². The van der Waals surface area contributed by atoms with Gasteiger partial charge in [0.25, 0.3) is 0 Å². The van der Waals surface area contributed by atoms with Crippen molar-refractivity contribution in [2.24, 2.45) is 0 Å². The Morgan fingerprint density at radius 3 is 2.29 bits per heavy atom. The topological polar surface area (TPSA) is 89.8 Å². The molecule has 84 valence electrons. The molecule has 0 aromatic rings. The van der Waals surface area contributed by atoms with Gasteiger partial charge in [0.2, 0.25) is 5.91 Å². The molecule has 4 N–H and O–H groups in total. The normalized spacial score (nSPS) is 13.8. The number of carbonyl (C=O) groups excluding carboxylic acids is 1. The van der Waals surface area contributed by atoms with Crippen molar-refractivity contribution in [2.75, 3.05) is 13.2 Å². The maximum atomic E-state index is 11.2. The summed E-state index contributed by atoms with van der Waals surface area (Å²) in [4.78, 5) is 11.2. The van der Waals surface area contributed by atoms with Crippen molar-refractivity contribution in [3.05, 3.63) is 0 Å². The minimum atomic E-state index is -0.976. The molecule has 1 atom stereocenters. The lowest BCUT2D eigenvalue weighted by Gasteiger charge is -2.26. The number of rotatable bonds is 6. The first-order valence-electron chi connectivity index (χ1n) is 4.64. The molecule has 0 radical (unpaired) electrons. The quantitative estimate of drug-likeness (QED) is 0.448. The number of aliphatic hydroxyl groups is 3. The maximum absolute atomic E-state index is 11.2. The Kier molecular flexibility index (Phi) is 5.68. The molecule has 14 heavy (non-hydrogen) atoms. The molecule has 0 saturated carbocycles. The van der Waals surface area contributed by atoms with Crippen molar-refractivity contribution in [1.82, 2.24) is 5.32 Å². The number of hydrogen-bond donors (Lipinski definition) is 4. The lowest BCUT2D eigenvalue weighted by atomic mass is 10.0. The van der Waals surface area contributed by atoms with Gasteiger partial charge in [-0.25, -0.2) is 0 Å². The molecular formula is C9H19NO4. The van der Waals surface area contributed by atoms with Crippen molar-refractivity contribution < 1.29 is 20.1 Å². The molecule has 0 spiro atoms. The average Bonchev–Trinajstić information content (AvgIpc) is 2.14. The molecular weight excluding hydrogens is 186 g/mol. The van der Waals surface area contributed by atoms with Crippen LogP contribution in [0.15, 0.2) is 0 Å². The van der Waals surface area contributed by atoms with E-state index in [9.17, 15) is 4.79 Å². The lowest BCUT2D eigenvalue weighted by Crippen LogP contribution is -2.51. The summed E-state index contributed by atoms with van der Waals surface area (Å²) in [5.74, 6) is -0.281. The van der Waals surface area contributed by atoms with E-state index in [-0.39, 0.29) is 25.5 Å². The second-order valence-corrected chi connectivity index (χ2v) is 3.81. The zero-order chi connectivity index (χ0) is 11.2. The monoisotopic (exact) mass is 205 g/mol. The van der Waals surface area contributed by atoms with Crippen LogP contribution in [0.1, 0.15) is 26.7 Å². The van der Waals surface area contributed by atoms with Crippen LogP contribution in [0.3, 0.4) is 0 Å². The highest BCUT2D eigenvalue weighted by molar-refractivity contribution is 5.76. The maximum Gasteiger partial charge on any atom is 0.220 e. The van der Waals surface area contributed by atoms with Crippen molar-refractivity contribution >= 4 is 5.91 Å². The number of carbonyl (C=O) groups is 1. The number of hydrogen-bond acceptors (Lipinski definition) is 4. The minimum absolute atomic E-state index is 0.188. The average molecular weight is 205 g/mol. The Morgan fingerprint density at radius 1 is 1.43 bits per heavy atom. The predicted molar refractivity (Wildman–Crippen MR) is 51.6 cm³/mol. The van der Waals surface area contributed by atoms with Gasteiger partial charge < -0.3 is 20.6 Å². The van der Waals surface area contributed by atoms with Gasteiger partial charge in [0.15, 0.2) is 0 Å². The summed E-state index contributed by atoms with van der Waals surface area (Å²) in [7, 11) is 0. The highest BCUT2D eigenvalue weighted by atomic mass is 16.3. The van der Waals surface area contributed by atoms with Crippen LogP contribution in [0.25, 0.3) is 0 Å². The first kappa shape index (κ1) is 13.4. The molecule has 0 aliphatic rings. The van der Waals surface area contributed by atoms with E-state index in [0.29, 0.717) is 6.42 Å². The summed E-state index contributed by atoms with van der Waals surface area (Å²) >= 11 is 0. The number of aliphatic hydroxyl groups excluding tert-OH is 3. The molecule has 5 heteroatoms. The Balaban J connectivity index is 3.92. The molecule has 5 nitrogen and oxygen atoms in total. The fourth-order valence-corrected chi connectivity index (χ4v) is 0.868. The van der Waals surface area contributed by atoms with Gasteiger partial charge in [0, 0.05) is 6.42 Å². The third-order valence-electron chi connectivity index (χ3n) is 1.93. The van der Waals surface area contributed by atoms with Gasteiger partial charge in [-0.15, -0.1) is 0 Å². The molecule has 0 heterocycles. The van der Waals surface area contributed by atoms with E-state index in [1.165, 1.54) is 0 Å². The second-order valence-electron chi connectivity index (χ2n) is 3.81. The molecule has 0 bridgehead atoms. The van der Waals surface area contributed by atoms with Gasteiger partial charge in [0.1, 0.15) is 0 Å². The molecule has 1 amide bonds. The molecule has 0 aromatic carbocycles. The summed E-state index contributed by atoms with van der Waals surface area (Å²) in [5, 5.41) is 29.2. The van der Waals surface area contributed by atoms with Crippen molar-refractivity contribution in [3.63, 3.8) is 0 Å². The van der Waals surface area contributed by atoms with Gasteiger partial charge in [-0.3, -0.25) is 4.79 Å². The molecule has 0 rings (SSSR count). The largest absolute Gasteiger partial charge is 0.394 e. The first-order chi connectivity index (χ1) is 6.43. The van der Waals surface area contributed by atoms with Crippen LogP contribution in [0, 0.1) is 0 Å². The zero-order valence-corrected chi connectivity index (χ0v) is 8.66. The number of nitrogens with one attached hydrogen (secondary N) is 1. The third-order valence-corrected chi connectivity index (χ3v) is 1.93. The van der Waals surface area contributed by atoms with Crippen LogP contribution in [-0.2, 0) is 4.79 Å². The predicted octanol–water partition coefficient (Wildman–Crippen LogP) is -0.993. The van der Waals surface area contributed by atoms with Gasteiger partial charge >= 0.3 is 0 Å². The van der Waals surface area contributed by atoms with Gasteiger partial charge in [-0.1, -0.05) is 0 Å². The standard InChI is InChI=1S/C9H19NO4/c1-7(13)3-4-8(14)10-9(2,5-11)6-12/h7,11-13H,3-6H2,1-2H3,(H,10,14). The summed E-state index contributed by atoms with van der Waals surface area (Å²) < 4.78 is 0. The lowest BCUT2D eigenvalue weighted by molar-refractivity contribution is -0.124. The molecule has 1 unspecified atom stereocenters. The van der Waals surface area contributed by atoms with Crippen LogP contribution in [0.4, 0.5) is 0 Å².